The number of nitrogens with two attached hydrogens (primary N) is 1. The quantitative estimate of drug-likeness (QED) is 0.765. The zero-order valence-electron chi connectivity index (χ0n) is 11.6. The van der Waals surface area contributed by atoms with Crippen molar-refractivity contribution in [2.24, 2.45) is 0 Å². The second kappa shape index (κ2) is 4.85. The van der Waals surface area contributed by atoms with Crippen LogP contribution in [0.25, 0.3) is 22.0 Å². The van der Waals surface area contributed by atoms with Gasteiger partial charge in [-0.1, -0.05) is 30.3 Å². The number of benzene rings is 2. The van der Waals surface area contributed by atoms with Gasteiger partial charge in [-0.2, -0.15) is 0 Å². The van der Waals surface area contributed by atoms with Gasteiger partial charge >= 0.3 is 0 Å². The number of nitrogens with zero attached hydrogens (tertiary/aromatic N) is 1. The third kappa shape index (κ3) is 1.97. The van der Waals surface area contributed by atoms with Crippen LogP contribution >= 0.6 is 0 Å². The number of ether oxygens (including phenoxy) is 1. The zero-order valence-corrected chi connectivity index (χ0v) is 11.6. The fraction of sp³-hybridized carbons (Fsp3) is 0.118. The van der Waals surface area contributed by atoms with Gasteiger partial charge in [0, 0.05) is 22.0 Å². The van der Waals surface area contributed by atoms with Gasteiger partial charge in [0.25, 0.3) is 0 Å². The summed E-state index contributed by atoms with van der Waals surface area (Å²) in [5, 5.41) is 2.04. The van der Waals surface area contributed by atoms with Crippen molar-refractivity contribution in [3.8, 4) is 17.0 Å². The second-order valence-corrected chi connectivity index (χ2v) is 4.74. The molecule has 0 aliphatic heterocycles. The third-order valence-electron chi connectivity index (χ3n) is 3.49. The van der Waals surface area contributed by atoms with Gasteiger partial charge in [0.1, 0.15) is 5.75 Å². The fourth-order valence-corrected chi connectivity index (χ4v) is 2.42. The van der Waals surface area contributed by atoms with Crippen LogP contribution in [0.3, 0.4) is 0 Å². The molecule has 1 heterocycles. The molecule has 0 radical (unpaired) electrons. The molecule has 0 aliphatic carbocycles. The number of aryl methyl sites for hydroxylation is 1. The number of methoxy groups -OCH3 is 1. The highest BCUT2D eigenvalue weighted by Crippen LogP contribution is 2.34. The number of fused-ring (bicyclic) bond motifs is 1. The summed E-state index contributed by atoms with van der Waals surface area (Å²) < 4.78 is 5.29. The predicted octanol–water partition coefficient (Wildman–Crippen LogP) is 3.80. The lowest BCUT2D eigenvalue weighted by Gasteiger charge is -2.12. The first-order valence-corrected chi connectivity index (χ1v) is 6.50. The first-order valence-electron chi connectivity index (χ1n) is 6.50. The zero-order chi connectivity index (χ0) is 14.1. The average Bonchev–Trinajstić information content (AvgIpc) is 2.51. The Morgan fingerprint density at radius 3 is 2.45 bits per heavy atom. The van der Waals surface area contributed by atoms with E-state index in [0.717, 1.165) is 33.5 Å². The van der Waals surface area contributed by atoms with Gasteiger partial charge in [0.05, 0.1) is 18.5 Å². The molecule has 3 aromatic rings. The molecule has 0 atom stereocenters. The van der Waals surface area contributed by atoms with Gasteiger partial charge < -0.3 is 10.5 Å². The van der Waals surface area contributed by atoms with Gasteiger partial charge in [-0.3, -0.25) is 4.98 Å². The van der Waals surface area contributed by atoms with E-state index in [9.17, 15) is 0 Å². The maximum Gasteiger partial charge on any atom is 0.119 e. The van der Waals surface area contributed by atoms with Gasteiger partial charge in [-0.25, -0.2) is 0 Å². The largest absolute Gasteiger partial charge is 0.497 e. The minimum absolute atomic E-state index is 0.690. The molecular formula is C17H16N2O. The molecule has 0 aliphatic rings. The molecule has 0 unspecified atom stereocenters. The first kappa shape index (κ1) is 12.5. The van der Waals surface area contributed by atoms with Crippen molar-refractivity contribution in [2.75, 3.05) is 12.8 Å². The number of hydrogen-bond acceptors (Lipinski definition) is 3. The summed E-state index contributed by atoms with van der Waals surface area (Å²) in [6, 6.07) is 15.9. The molecule has 20 heavy (non-hydrogen) atoms. The summed E-state index contributed by atoms with van der Waals surface area (Å²) in [5.74, 6) is 0.800. The highest BCUT2D eigenvalue weighted by Gasteiger charge is 2.11. The van der Waals surface area contributed by atoms with Crippen LogP contribution in [0.1, 0.15) is 5.69 Å². The molecule has 2 N–H and O–H groups in total. The average molecular weight is 264 g/mol. The summed E-state index contributed by atoms with van der Waals surface area (Å²) in [7, 11) is 1.66. The lowest BCUT2D eigenvalue weighted by Crippen LogP contribution is -1.98. The molecule has 1 aromatic heterocycles. The van der Waals surface area contributed by atoms with Gasteiger partial charge in [0.15, 0.2) is 0 Å². The number of anilines is 1. The van der Waals surface area contributed by atoms with Crippen molar-refractivity contribution < 1.29 is 4.74 Å². The van der Waals surface area contributed by atoms with E-state index in [-0.39, 0.29) is 0 Å². The molecule has 0 spiro atoms. The van der Waals surface area contributed by atoms with E-state index < -0.39 is 0 Å². The van der Waals surface area contributed by atoms with Crippen molar-refractivity contribution in [1.29, 1.82) is 0 Å². The van der Waals surface area contributed by atoms with Crippen LogP contribution in [0.5, 0.6) is 5.75 Å². The molecule has 3 rings (SSSR count). The highest BCUT2D eigenvalue weighted by molar-refractivity contribution is 6.00. The normalized spacial score (nSPS) is 10.7. The lowest BCUT2D eigenvalue weighted by atomic mass is 10.0. The Morgan fingerprint density at radius 2 is 1.75 bits per heavy atom. The SMILES string of the molecule is COc1ccc2c(C)nc(-c3ccccc3)c(N)c2c1. The van der Waals surface area contributed by atoms with E-state index in [4.69, 9.17) is 10.5 Å². The highest BCUT2D eigenvalue weighted by atomic mass is 16.5. The number of nitrogen functional groups attached to an aromatic ring is 1. The van der Waals surface area contributed by atoms with Crippen LogP contribution in [0.2, 0.25) is 0 Å². The van der Waals surface area contributed by atoms with Crippen LogP contribution < -0.4 is 10.5 Å². The van der Waals surface area contributed by atoms with E-state index in [1.807, 2.05) is 55.5 Å². The maximum absolute atomic E-state index is 6.33. The molecule has 100 valence electrons. The van der Waals surface area contributed by atoms with E-state index in [0.29, 0.717) is 5.69 Å². The topological polar surface area (TPSA) is 48.1 Å². The number of hydrogen-bond donors (Lipinski definition) is 1. The number of pyridine rings is 1. The van der Waals surface area contributed by atoms with Crippen LogP contribution in [-0.4, -0.2) is 12.1 Å². The molecule has 3 nitrogen and oxygen atoms in total. The van der Waals surface area contributed by atoms with Gasteiger partial charge in [0.2, 0.25) is 0 Å². The Labute approximate surface area is 118 Å². The molecule has 0 fully saturated rings. The van der Waals surface area contributed by atoms with Crippen LogP contribution in [0.15, 0.2) is 48.5 Å². The molecule has 0 saturated heterocycles. The van der Waals surface area contributed by atoms with Crippen LogP contribution in [0, 0.1) is 6.92 Å². The third-order valence-corrected chi connectivity index (χ3v) is 3.49. The Morgan fingerprint density at radius 1 is 1.00 bits per heavy atom. The smallest absolute Gasteiger partial charge is 0.119 e. The van der Waals surface area contributed by atoms with Crippen molar-refractivity contribution in [3.63, 3.8) is 0 Å². The molecule has 0 saturated carbocycles. The van der Waals surface area contributed by atoms with Crippen LogP contribution in [0.4, 0.5) is 5.69 Å². The minimum atomic E-state index is 0.690. The standard InChI is InChI=1S/C17H16N2O/c1-11-14-9-8-13(20-2)10-15(14)16(18)17(19-11)12-6-4-3-5-7-12/h3-10H,18H2,1-2H3. The first-order chi connectivity index (χ1) is 9.70. The van der Waals surface area contributed by atoms with Crippen molar-refractivity contribution >= 4 is 16.5 Å². The summed E-state index contributed by atoms with van der Waals surface area (Å²) in [4.78, 5) is 4.66. The molecular weight excluding hydrogens is 248 g/mol. The predicted molar refractivity (Wildman–Crippen MR) is 82.9 cm³/mol. The van der Waals surface area contributed by atoms with Crippen molar-refractivity contribution in [2.45, 2.75) is 6.92 Å². The van der Waals surface area contributed by atoms with Crippen LogP contribution in [-0.2, 0) is 0 Å². The molecule has 2 aromatic carbocycles. The molecule has 0 bridgehead atoms. The second-order valence-electron chi connectivity index (χ2n) is 4.74. The summed E-state index contributed by atoms with van der Waals surface area (Å²) >= 11 is 0. The Balaban J connectivity index is 2.32. The molecule has 0 amide bonds. The summed E-state index contributed by atoms with van der Waals surface area (Å²) in [5.41, 5.74) is 9.83. The summed E-state index contributed by atoms with van der Waals surface area (Å²) in [6.07, 6.45) is 0. The van der Waals surface area contributed by atoms with E-state index in [2.05, 4.69) is 4.98 Å². The Kier molecular flexibility index (Phi) is 3.03. The van der Waals surface area contributed by atoms with Gasteiger partial charge in [-0.05, 0) is 25.1 Å². The Hall–Kier alpha value is -2.55. The fourth-order valence-electron chi connectivity index (χ4n) is 2.42. The molecule has 3 heteroatoms. The van der Waals surface area contributed by atoms with Gasteiger partial charge in [-0.15, -0.1) is 0 Å². The summed E-state index contributed by atoms with van der Waals surface area (Å²) in [6.45, 7) is 2.00. The van der Waals surface area contributed by atoms with E-state index in [1.54, 1.807) is 7.11 Å². The maximum atomic E-state index is 6.33. The number of aromatic nitrogens is 1. The number of rotatable bonds is 2. The Bertz CT molecular complexity index is 767. The van der Waals surface area contributed by atoms with E-state index >= 15 is 0 Å². The monoisotopic (exact) mass is 264 g/mol. The van der Waals surface area contributed by atoms with Crippen molar-refractivity contribution in [3.05, 3.63) is 54.2 Å². The lowest BCUT2D eigenvalue weighted by molar-refractivity contribution is 0.415. The van der Waals surface area contributed by atoms with Crippen molar-refractivity contribution in [1.82, 2.24) is 4.98 Å². The van der Waals surface area contributed by atoms with E-state index in [1.165, 1.54) is 0 Å². The minimum Gasteiger partial charge on any atom is -0.497 e.